The van der Waals surface area contributed by atoms with Crippen LogP contribution in [0.25, 0.3) is 66.6 Å². The minimum absolute atomic E-state index is 0.385. The van der Waals surface area contributed by atoms with Crippen molar-refractivity contribution in [2.24, 2.45) is 0 Å². The summed E-state index contributed by atoms with van der Waals surface area (Å²) in [6.07, 6.45) is 6.97. The van der Waals surface area contributed by atoms with Gasteiger partial charge >= 0.3 is 0 Å². The van der Waals surface area contributed by atoms with Crippen LogP contribution >= 0.6 is 0 Å². The van der Waals surface area contributed by atoms with Gasteiger partial charge in [-0.1, -0.05) is 60.7 Å². The van der Waals surface area contributed by atoms with Crippen molar-refractivity contribution < 1.29 is 19.2 Å². The molecule has 0 saturated heterocycles. The first kappa shape index (κ1) is 40.4. The van der Waals surface area contributed by atoms with Crippen LogP contribution in [0.15, 0.2) is 183 Å². The molecule has 0 spiro atoms. The van der Waals surface area contributed by atoms with Crippen LogP contribution in [0.3, 0.4) is 0 Å². The molecule has 0 radical (unpaired) electrons. The molecule has 0 fully saturated rings. The van der Waals surface area contributed by atoms with Gasteiger partial charge in [0, 0.05) is 81.7 Å². The van der Waals surface area contributed by atoms with Gasteiger partial charge in [-0.2, -0.15) is 0 Å². The Kier molecular flexibility index (Phi) is 8.77. The number of pyridine rings is 4. The number of hydrogen-bond acceptors (Lipinski definition) is 10. The van der Waals surface area contributed by atoms with Crippen LogP contribution in [0.4, 0.5) is 22.7 Å². The van der Waals surface area contributed by atoms with E-state index >= 15 is 0 Å². The lowest BCUT2D eigenvalue weighted by Gasteiger charge is -2.46. The molecule has 12 heteroatoms. The van der Waals surface area contributed by atoms with E-state index in [-0.39, 0.29) is 23.6 Å². The number of amides is 4. The number of aromatic nitrogens is 4. The molecule has 10 aromatic rings. The van der Waals surface area contributed by atoms with E-state index in [1.54, 1.807) is 36.9 Å². The Labute approximate surface area is 405 Å². The van der Waals surface area contributed by atoms with E-state index in [4.69, 9.17) is 0 Å². The Balaban J connectivity index is 0.786. The van der Waals surface area contributed by atoms with E-state index in [0.29, 0.717) is 64.2 Å². The van der Waals surface area contributed by atoms with E-state index in [1.807, 2.05) is 146 Å². The minimum Gasteiger partial charge on any atom is -0.349 e. The zero-order valence-electron chi connectivity index (χ0n) is 37.7. The highest BCUT2D eigenvalue weighted by Gasteiger charge is 2.41. The van der Waals surface area contributed by atoms with Crippen molar-refractivity contribution in [3.63, 3.8) is 0 Å². The quantitative estimate of drug-likeness (QED) is 0.148. The smallest absolute Gasteiger partial charge is 0.265 e. The molecule has 0 N–H and O–H groups in total. The molecule has 4 aromatic heterocycles. The highest BCUT2D eigenvalue weighted by atomic mass is 16.2. The number of benzene rings is 6. The highest BCUT2D eigenvalue weighted by Crippen LogP contribution is 2.49. The van der Waals surface area contributed by atoms with Crippen molar-refractivity contribution in [3.05, 3.63) is 216 Å². The van der Waals surface area contributed by atoms with Gasteiger partial charge in [0.2, 0.25) is 0 Å². The predicted molar refractivity (Wildman–Crippen MR) is 273 cm³/mol. The van der Waals surface area contributed by atoms with Crippen LogP contribution in [0.5, 0.6) is 0 Å². The summed E-state index contributed by atoms with van der Waals surface area (Å²) in [5.74, 6) is -1.54. The van der Waals surface area contributed by atoms with Gasteiger partial charge in [-0.05, 0) is 130 Å². The molecule has 4 aliphatic heterocycles. The zero-order chi connectivity index (χ0) is 47.5. The van der Waals surface area contributed by atoms with Gasteiger partial charge in [0.05, 0.1) is 52.2 Å². The second-order valence-electron chi connectivity index (χ2n) is 18.1. The first-order chi connectivity index (χ1) is 34.9. The summed E-state index contributed by atoms with van der Waals surface area (Å²) < 4.78 is 0. The van der Waals surface area contributed by atoms with Crippen LogP contribution in [0.1, 0.15) is 52.6 Å². The molecule has 336 valence electrons. The molecule has 12 nitrogen and oxygen atoms in total. The fraction of sp³-hybridized carbons (Fsp3) is 0.0508. The van der Waals surface area contributed by atoms with Crippen molar-refractivity contribution in [2.45, 2.75) is 13.1 Å². The Hall–Kier alpha value is -9.68. The number of carbonyl (C=O) groups excluding carboxylic acids is 4. The second-order valence-corrected chi connectivity index (χ2v) is 18.1. The fourth-order valence-corrected chi connectivity index (χ4v) is 11.0. The van der Waals surface area contributed by atoms with Gasteiger partial charge in [-0.15, -0.1) is 0 Å². The lowest BCUT2D eigenvalue weighted by molar-refractivity contribution is 0.0877. The first-order valence-electron chi connectivity index (χ1n) is 23.3. The van der Waals surface area contributed by atoms with Crippen LogP contribution in [-0.4, -0.2) is 50.2 Å². The number of fused-ring (bicyclic) bond motifs is 8. The summed E-state index contributed by atoms with van der Waals surface area (Å²) in [7, 11) is 0. The molecule has 4 amide bonds. The molecule has 8 heterocycles. The predicted octanol–water partition coefficient (Wildman–Crippen LogP) is 11.1. The summed E-state index contributed by atoms with van der Waals surface area (Å²) in [5.41, 5.74) is 13.3. The Morgan fingerprint density at radius 1 is 0.352 bits per heavy atom. The van der Waals surface area contributed by atoms with Crippen LogP contribution < -0.4 is 19.6 Å². The lowest BCUT2D eigenvalue weighted by atomic mass is 9.86. The molecule has 0 unspecified atom stereocenters. The topological polar surface area (TPSA) is 133 Å². The monoisotopic (exact) mass is 920 g/mol. The summed E-state index contributed by atoms with van der Waals surface area (Å²) in [5, 5.41) is 2.94. The van der Waals surface area contributed by atoms with Gasteiger partial charge in [-0.3, -0.25) is 39.1 Å². The average Bonchev–Trinajstić information content (AvgIpc) is 3.42. The average molecular weight is 921 g/mol. The van der Waals surface area contributed by atoms with E-state index in [2.05, 4.69) is 29.7 Å². The normalized spacial score (nSPS) is 14.6. The van der Waals surface area contributed by atoms with Crippen LogP contribution in [0, 0.1) is 0 Å². The number of anilines is 4. The zero-order valence-corrected chi connectivity index (χ0v) is 37.7. The van der Waals surface area contributed by atoms with Crippen molar-refractivity contribution in [1.29, 1.82) is 0 Å². The minimum atomic E-state index is -0.387. The van der Waals surface area contributed by atoms with Crippen LogP contribution in [-0.2, 0) is 13.1 Å². The van der Waals surface area contributed by atoms with Crippen molar-refractivity contribution >= 4 is 67.9 Å². The third-order valence-electron chi connectivity index (χ3n) is 14.1. The molecular formula is C59H36N8O4. The Morgan fingerprint density at radius 3 is 1.20 bits per heavy atom. The van der Waals surface area contributed by atoms with Gasteiger partial charge in [-0.25, -0.2) is 9.80 Å². The largest absolute Gasteiger partial charge is 0.349 e. The third-order valence-corrected chi connectivity index (χ3v) is 14.1. The van der Waals surface area contributed by atoms with Gasteiger partial charge < -0.3 is 9.80 Å². The van der Waals surface area contributed by atoms with E-state index in [9.17, 15) is 19.2 Å². The Morgan fingerprint density at radius 2 is 0.775 bits per heavy atom. The molecule has 6 aromatic carbocycles. The maximum absolute atomic E-state index is 14.7. The summed E-state index contributed by atoms with van der Waals surface area (Å²) >= 11 is 0. The standard InChI is InChI=1S/C59H36N8O4/c68-56-44-9-5-7-42-52(44)46(58(70)66(56)40-17-13-34(14-18-40)36-21-25-62-50(29-36)48-11-1-3-23-60-48)27-38-31-64-33-65(54(38)42)32-39-28-47-53-43(55(39)64)8-6-10-45(53)57(69)67(59(47)71)41-19-15-35(16-20-41)37-22-26-63-51(30-37)49-12-2-4-24-61-49/h1-30H,31-33H2. The number of carbonyl (C=O) groups is 4. The van der Waals surface area contributed by atoms with Crippen molar-refractivity contribution in [3.8, 4) is 45.0 Å². The fourth-order valence-electron chi connectivity index (χ4n) is 11.0. The molecular weight excluding hydrogens is 885 g/mol. The summed E-state index contributed by atoms with van der Waals surface area (Å²) in [6, 6.07) is 49.3. The molecule has 14 rings (SSSR count). The van der Waals surface area contributed by atoms with E-state index in [0.717, 1.165) is 78.3 Å². The molecule has 71 heavy (non-hydrogen) atoms. The molecule has 2 bridgehead atoms. The van der Waals surface area contributed by atoms with Gasteiger partial charge in [0.1, 0.15) is 0 Å². The van der Waals surface area contributed by atoms with Crippen molar-refractivity contribution in [2.75, 3.05) is 26.3 Å². The van der Waals surface area contributed by atoms with E-state index < -0.39 is 0 Å². The summed E-state index contributed by atoms with van der Waals surface area (Å²) in [4.78, 5) is 83.4. The molecule has 0 atom stereocenters. The molecule has 4 aliphatic rings. The van der Waals surface area contributed by atoms with E-state index in [1.165, 1.54) is 9.80 Å². The number of rotatable bonds is 6. The molecule has 0 aliphatic carbocycles. The second kappa shape index (κ2) is 15.4. The van der Waals surface area contributed by atoms with Gasteiger partial charge in [0.25, 0.3) is 23.6 Å². The number of hydrogen-bond donors (Lipinski definition) is 0. The lowest BCUT2D eigenvalue weighted by Crippen LogP contribution is -2.47. The van der Waals surface area contributed by atoms with Crippen molar-refractivity contribution in [1.82, 2.24) is 19.9 Å². The van der Waals surface area contributed by atoms with Gasteiger partial charge in [0.15, 0.2) is 0 Å². The number of nitrogens with zero attached hydrogens (tertiary/aromatic N) is 8. The summed E-state index contributed by atoms with van der Waals surface area (Å²) in [6.45, 7) is 1.47. The highest BCUT2D eigenvalue weighted by molar-refractivity contribution is 6.38. The SMILES string of the molecule is O=C1c2cccc3c4c(cc(c23)C(=O)N1c1ccc(-c2ccnc(-c3ccccn3)c2)cc1)CN1CN4Cc2cc3c4c(cccc4c21)C(=O)N(c1ccc(-c2ccnc(-c4ccccn4)c2)cc1)C3=O. The number of imide groups is 2. The maximum Gasteiger partial charge on any atom is 0.265 e. The maximum atomic E-state index is 14.7. The third kappa shape index (κ3) is 6.17. The van der Waals surface area contributed by atoms with Crippen LogP contribution in [0.2, 0.25) is 0 Å². The Bertz CT molecular complexity index is 3700. The first-order valence-corrected chi connectivity index (χ1v) is 23.3. The molecule has 0 saturated carbocycles.